The van der Waals surface area contributed by atoms with Crippen LogP contribution in [0.5, 0.6) is 0 Å². The molecule has 0 aromatic rings. The van der Waals surface area contributed by atoms with Crippen LogP contribution < -0.4 is 0 Å². The third-order valence-corrected chi connectivity index (χ3v) is 2.47. The Labute approximate surface area is 75.0 Å². The molecule has 0 aliphatic heterocycles. The number of aliphatic hydroxyl groups is 1. The molecule has 0 amide bonds. The van der Waals surface area contributed by atoms with Crippen LogP contribution in [0.25, 0.3) is 0 Å². The van der Waals surface area contributed by atoms with Crippen LogP contribution in [0.2, 0.25) is 0 Å². The molecule has 2 heteroatoms. The maximum absolute atomic E-state index is 10.1. The van der Waals surface area contributed by atoms with E-state index in [0.717, 1.165) is 19.1 Å². The summed E-state index contributed by atoms with van der Waals surface area (Å²) in [5.74, 6) is 0.881. The Morgan fingerprint density at radius 3 is 2.42 bits per heavy atom. The van der Waals surface area contributed by atoms with Crippen LogP contribution in [0.4, 0.5) is 0 Å². The monoisotopic (exact) mass is 172 g/mol. The normalized spacial score (nSPS) is 18.3. The topological polar surface area (TPSA) is 37.3 Å². The first-order chi connectivity index (χ1) is 5.61. The molecule has 0 fully saturated rings. The van der Waals surface area contributed by atoms with Gasteiger partial charge in [-0.2, -0.15) is 0 Å². The Balaban J connectivity index is 3.69. The van der Waals surface area contributed by atoms with E-state index in [1.54, 1.807) is 0 Å². The molecule has 0 rings (SSSR count). The number of carbonyl (C=O) groups excluding carboxylic acids is 1. The van der Waals surface area contributed by atoms with E-state index in [1.165, 1.54) is 0 Å². The van der Waals surface area contributed by atoms with E-state index in [0.29, 0.717) is 5.92 Å². The van der Waals surface area contributed by atoms with Crippen molar-refractivity contribution in [3.63, 3.8) is 0 Å². The van der Waals surface area contributed by atoms with Crippen molar-refractivity contribution in [1.29, 1.82) is 0 Å². The van der Waals surface area contributed by atoms with Crippen molar-refractivity contribution in [3.8, 4) is 0 Å². The summed E-state index contributed by atoms with van der Waals surface area (Å²) in [5.41, 5.74) is 0. The highest BCUT2D eigenvalue weighted by Crippen LogP contribution is 2.18. The summed E-state index contributed by atoms with van der Waals surface area (Å²) in [6.07, 6.45) is 2.76. The summed E-state index contributed by atoms with van der Waals surface area (Å²) in [6.45, 7) is 6.31. The highest BCUT2D eigenvalue weighted by molar-refractivity contribution is 5.50. The SMILES string of the molecule is CCC(C)CC(C)C(O)CC=O. The Morgan fingerprint density at radius 2 is 2.00 bits per heavy atom. The van der Waals surface area contributed by atoms with Crippen molar-refractivity contribution in [2.45, 2.75) is 46.1 Å². The van der Waals surface area contributed by atoms with Gasteiger partial charge in [-0.1, -0.05) is 27.2 Å². The summed E-state index contributed by atoms with van der Waals surface area (Å²) in [4.78, 5) is 10.1. The minimum atomic E-state index is -0.448. The van der Waals surface area contributed by atoms with Gasteiger partial charge in [0.05, 0.1) is 6.10 Å². The molecule has 3 unspecified atom stereocenters. The van der Waals surface area contributed by atoms with Gasteiger partial charge in [-0.15, -0.1) is 0 Å². The number of hydrogen-bond acceptors (Lipinski definition) is 2. The molecule has 0 heterocycles. The van der Waals surface area contributed by atoms with Gasteiger partial charge < -0.3 is 9.90 Å². The van der Waals surface area contributed by atoms with Crippen LogP contribution in [0.15, 0.2) is 0 Å². The van der Waals surface area contributed by atoms with Gasteiger partial charge >= 0.3 is 0 Å². The standard InChI is InChI=1S/C10H20O2/c1-4-8(2)7-9(3)10(12)5-6-11/h6,8-10,12H,4-5,7H2,1-3H3. The molecule has 0 aliphatic carbocycles. The molecule has 72 valence electrons. The summed E-state index contributed by atoms with van der Waals surface area (Å²) < 4.78 is 0. The average Bonchev–Trinajstić information content (AvgIpc) is 2.04. The number of aldehydes is 1. The fourth-order valence-electron chi connectivity index (χ4n) is 1.29. The quantitative estimate of drug-likeness (QED) is 0.622. The molecule has 2 nitrogen and oxygen atoms in total. The minimum Gasteiger partial charge on any atom is -0.392 e. The first-order valence-electron chi connectivity index (χ1n) is 4.73. The fourth-order valence-corrected chi connectivity index (χ4v) is 1.29. The lowest BCUT2D eigenvalue weighted by molar-refractivity contribution is -0.110. The molecule has 0 aromatic carbocycles. The van der Waals surface area contributed by atoms with Crippen molar-refractivity contribution in [3.05, 3.63) is 0 Å². The van der Waals surface area contributed by atoms with Gasteiger partial charge in [0.15, 0.2) is 0 Å². The van der Waals surface area contributed by atoms with Crippen LogP contribution in [0, 0.1) is 11.8 Å². The van der Waals surface area contributed by atoms with E-state index in [2.05, 4.69) is 13.8 Å². The molecule has 3 atom stereocenters. The van der Waals surface area contributed by atoms with Crippen LogP contribution in [-0.2, 0) is 4.79 Å². The molecule has 0 aromatic heterocycles. The third kappa shape index (κ3) is 4.50. The minimum absolute atomic E-state index is 0.241. The molecule has 12 heavy (non-hydrogen) atoms. The van der Waals surface area contributed by atoms with E-state index < -0.39 is 6.10 Å². The lowest BCUT2D eigenvalue weighted by Crippen LogP contribution is -2.20. The molecule has 0 saturated heterocycles. The zero-order valence-corrected chi connectivity index (χ0v) is 8.29. The van der Waals surface area contributed by atoms with Crippen molar-refractivity contribution in [2.75, 3.05) is 0 Å². The van der Waals surface area contributed by atoms with Crippen molar-refractivity contribution >= 4 is 6.29 Å². The van der Waals surface area contributed by atoms with Crippen molar-refractivity contribution in [1.82, 2.24) is 0 Å². The Bertz CT molecular complexity index is 123. The van der Waals surface area contributed by atoms with Gasteiger partial charge in [-0.25, -0.2) is 0 Å². The maximum Gasteiger partial charge on any atom is 0.122 e. The summed E-state index contributed by atoms with van der Waals surface area (Å²) >= 11 is 0. The van der Waals surface area contributed by atoms with E-state index in [1.807, 2.05) is 6.92 Å². The molecule has 0 radical (unpaired) electrons. The highest BCUT2D eigenvalue weighted by atomic mass is 16.3. The second-order valence-electron chi connectivity index (χ2n) is 3.70. The van der Waals surface area contributed by atoms with Gasteiger partial charge in [0, 0.05) is 6.42 Å². The maximum atomic E-state index is 10.1. The first-order valence-corrected chi connectivity index (χ1v) is 4.73. The summed E-state index contributed by atoms with van der Waals surface area (Å²) in [7, 11) is 0. The number of rotatable bonds is 6. The van der Waals surface area contributed by atoms with E-state index in [4.69, 9.17) is 0 Å². The highest BCUT2D eigenvalue weighted by Gasteiger charge is 2.15. The van der Waals surface area contributed by atoms with Gasteiger partial charge in [0.25, 0.3) is 0 Å². The van der Waals surface area contributed by atoms with Crippen LogP contribution in [-0.4, -0.2) is 17.5 Å². The predicted molar refractivity (Wildman–Crippen MR) is 49.9 cm³/mol. The second kappa shape index (κ2) is 6.18. The number of hydrogen-bond donors (Lipinski definition) is 1. The second-order valence-corrected chi connectivity index (χ2v) is 3.70. The zero-order chi connectivity index (χ0) is 9.56. The van der Waals surface area contributed by atoms with Gasteiger partial charge in [-0.05, 0) is 18.3 Å². The van der Waals surface area contributed by atoms with E-state index in [9.17, 15) is 9.90 Å². The predicted octanol–water partition coefficient (Wildman–Crippen LogP) is 2.01. The third-order valence-electron chi connectivity index (χ3n) is 2.47. The Kier molecular flexibility index (Phi) is 5.99. The van der Waals surface area contributed by atoms with Gasteiger partial charge in [0.2, 0.25) is 0 Å². The lowest BCUT2D eigenvalue weighted by atomic mass is 9.90. The van der Waals surface area contributed by atoms with Crippen molar-refractivity contribution in [2.24, 2.45) is 11.8 Å². The first kappa shape index (κ1) is 11.6. The molecular weight excluding hydrogens is 152 g/mol. The van der Waals surface area contributed by atoms with E-state index >= 15 is 0 Å². The summed E-state index contributed by atoms with van der Waals surface area (Å²) in [6, 6.07) is 0. The molecular formula is C10H20O2. The van der Waals surface area contributed by atoms with Crippen LogP contribution >= 0.6 is 0 Å². The van der Waals surface area contributed by atoms with Gasteiger partial charge in [0.1, 0.15) is 6.29 Å². The lowest BCUT2D eigenvalue weighted by Gasteiger charge is -2.19. The van der Waals surface area contributed by atoms with Crippen LogP contribution in [0.1, 0.15) is 40.0 Å². The Morgan fingerprint density at radius 1 is 1.42 bits per heavy atom. The molecule has 0 aliphatic rings. The average molecular weight is 172 g/mol. The summed E-state index contributed by atoms with van der Waals surface area (Å²) in [5, 5.41) is 9.43. The number of aliphatic hydroxyl groups excluding tert-OH is 1. The number of carbonyl (C=O) groups is 1. The van der Waals surface area contributed by atoms with E-state index in [-0.39, 0.29) is 12.3 Å². The largest absolute Gasteiger partial charge is 0.392 e. The van der Waals surface area contributed by atoms with Crippen molar-refractivity contribution < 1.29 is 9.90 Å². The van der Waals surface area contributed by atoms with Gasteiger partial charge in [-0.3, -0.25) is 0 Å². The molecule has 0 bridgehead atoms. The molecule has 0 saturated carbocycles. The smallest absolute Gasteiger partial charge is 0.122 e. The molecule has 1 N–H and O–H groups in total. The zero-order valence-electron chi connectivity index (χ0n) is 8.29. The molecule has 0 spiro atoms. The fraction of sp³-hybridized carbons (Fsp3) is 0.900. The van der Waals surface area contributed by atoms with Crippen LogP contribution in [0.3, 0.4) is 0 Å². The Hall–Kier alpha value is -0.370.